The van der Waals surface area contributed by atoms with Gasteiger partial charge in [-0.3, -0.25) is 4.79 Å². The van der Waals surface area contributed by atoms with Gasteiger partial charge in [0.1, 0.15) is 0 Å². The number of hydrogen-bond donors (Lipinski definition) is 1. The van der Waals surface area contributed by atoms with Crippen molar-refractivity contribution in [2.75, 3.05) is 13.6 Å². The zero-order chi connectivity index (χ0) is 19.3. The molecule has 0 saturated heterocycles. The van der Waals surface area contributed by atoms with Crippen LogP contribution < -0.4 is 4.72 Å². The predicted molar refractivity (Wildman–Crippen MR) is 104 cm³/mol. The Morgan fingerprint density at radius 1 is 1.12 bits per heavy atom. The van der Waals surface area contributed by atoms with E-state index in [0.29, 0.717) is 17.1 Å². The summed E-state index contributed by atoms with van der Waals surface area (Å²) >= 11 is 5.85. The first-order chi connectivity index (χ1) is 12.2. The SMILES string of the molecule is Cc1ccc(C)c(S(=O)(=O)NCCC(=O)N(C)Cc2ccc(Cl)cc2)c1. The van der Waals surface area contributed by atoms with E-state index in [1.54, 1.807) is 43.1 Å². The van der Waals surface area contributed by atoms with Crippen molar-refractivity contribution in [3.05, 3.63) is 64.2 Å². The highest BCUT2D eigenvalue weighted by atomic mass is 35.5. The Labute approximate surface area is 160 Å². The number of halogens is 1. The lowest BCUT2D eigenvalue weighted by Gasteiger charge is -2.17. The summed E-state index contributed by atoms with van der Waals surface area (Å²) in [5.41, 5.74) is 2.50. The van der Waals surface area contributed by atoms with Crippen LogP contribution in [0.1, 0.15) is 23.1 Å². The van der Waals surface area contributed by atoms with Crippen molar-refractivity contribution in [1.29, 1.82) is 0 Å². The zero-order valence-electron chi connectivity index (χ0n) is 15.1. The van der Waals surface area contributed by atoms with Crippen molar-refractivity contribution in [1.82, 2.24) is 9.62 Å². The van der Waals surface area contributed by atoms with Gasteiger partial charge in [0.15, 0.2) is 0 Å². The summed E-state index contributed by atoms with van der Waals surface area (Å²) in [7, 11) is -1.94. The Bertz CT molecular complexity index is 880. The minimum atomic E-state index is -3.63. The molecule has 0 saturated carbocycles. The molecule has 0 aromatic heterocycles. The number of sulfonamides is 1. The van der Waals surface area contributed by atoms with E-state index in [0.717, 1.165) is 11.1 Å². The number of nitrogens with zero attached hydrogens (tertiary/aromatic N) is 1. The van der Waals surface area contributed by atoms with Gasteiger partial charge in [-0.05, 0) is 48.7 Å². The van der Waals surface area contributed by atoms with Gasteiger partial charge in [-0.2, -0.15) is 0 Å². The van der Waals surface area contributed by atoms with E-state index in [1.165, 1.54) is 0 Å². The normalized spacial score (nSPS) is 11.4. The van der Waals surface area contributed by atoms with E-state index in [1.807, 2.05) is 25.1 Å². The second kappa shape index (κ2) is 8.66. The van der Waals surface area contributed by atoms with Crippen LogP contribution in [-0.4, -0.2) is 32.8 Å². The second-order valence-corrected chi connectivity index (χ2v) is 8.46. The Kier molecular flexibility index (Phi) is 6.81. The fraction of sp³-hybridized carbons (Fsp3) is 0.316. The van der Waals surface area contributed by atoms with Crippen LogP contribution in [-0.2, 0) is 21.4 Å². The Morgan fingerprint density at radius 2 is 1.77 bits per heavy atom. The van der Waals surface area contributed by atoms with Crippen molar-refractivity contribution in [2.24, 2.45) is 0 Å². The number of carbonyl (C=O) groups is 1. The van der Waals surface area contributed by atoms with Gasteiger partial charge in [0.25, 0.3) is 0 Å². The maximum atomic E-state index is 12.4. The number of rotatable bonds is 7. The Hall–Kier alpha value is -1.89. The molecular formula is C19H23ClN2O3S. The maximum absolute atomic E-state index is 12.4. The number of carbonyl (C=O) groups excluding carboxylic acids is 1. The topological polar surface area (TPSA) is 66.5 Å². The summed E-state index contributed by atoms with van der Waals surface area (Å²) < 4.78 is 27.4. The number of nitrogens with one attached hydrogen (secondary N) is 1. The summed E-state index contributed by atoms with van der Waals surface area (Å²) in [6.07, 6.45) is 0.0915. The van der Waals surface area contributed by atoms with Crippen molar-refractivity contribution in [3.8, 4) is 0 Å². The molecule has 0 radical (unpaired) electrons. The summed E-state index contributed by atoms with van der Waals surface area (Å²) in [5.74, 6) is -0.136. The lowest BCUT2D eigenvalue weighted by Crippen LogP contribution is -2.32. The molecule has 2 aromatic rings. The van der Waals surface area contributed by atoms with Crippen LogP contribution in [0.15, 0.2) is 47.4 Å². The molecule has 0 aliphatic heterocycles. The first-order valence-electron chi connectivity index (χ1n) is 8.24. The van der Waals surface area contributed by atoms with Crippen LogP contribution in [0.25, 0.3) is 0 Å². The zero-order valence-corrected chi connectivity index (χ0v) is 16.7. The fourth-order valence-corrected chi connectivity index (χ4v) is 3.99. The molecule has 1 amide bonds. The quantitative estimate of drug-likeness (QED) is 0.783. The minimum Gasteiger partial charge on any atom is -0.341 e. The van der Waals surface area contributed by atoms with E-state index >= 15 is 0 Å². The van der Waals surface area contributed by atoms with Crippen molar-refractivity contribution in [3.63, 3.8) is 0 Å². The summed E-state index contributed by atoms with van der Waals surface area (Å²) in [6.45, 7) is 4.09. The largest absolute Gasteiger partial charge is 0.341 e. The number of aryl methyl sites for hydroxylation is 2. The molecule has 0 aliphatic rings. The fourth-order valence-electron chi connectivity index (χ4n) is 2.51. The lowest BCUT2D eigenvalue weighted by atomic mass is 10.2. The maximum Gasteiger partial charge on any atom is 0.240 e. The highest BCUT2D eigenvalue weighted by Crippen LogP contribution is 2.16. The summed E-state index contributed by atoms with van der Waals surface area (Å²) in [6, 6.07) is 12.5. The molecule has 26 heavy (non-hydrogen) atoms. The smallest absolute Gasteiger partial charge is 0.240 e. The lowest BCUT2D eigenvalue weighted by molar-refractivity contribution is -0.130. The van der Waals surface area contributed by atoms with Gasteiger partial charge < -0.3 is 4.90 Å². The van der Waals surface area contributed by atoms with Crippen LogP contribution in [0.5, 0.6) is 0 Å². The van der Waals surface area contributed by atoms with Gasteiger partial charge in [-0.15, -0.1) is 0 Å². The molecule has 0 bridgehead atoms. The molecule has 5 nitrogen and oxygen atoms in total. The van der Waals surface area contributed by atoms with Gasteiger partial charge in [0, 0.05) is 31.6 Å². The predicted octanol–water partition coefficient (Wildman–Crippen LogP) is 3.28. The average Bonchev–Trinajstić information content (AvgIpc) is 2.58. The Balaban J connectivity index is 1.90. The molecular weight excluding hydrogens is 372 g/mol. The molecule has 7 heteroatoms. The van der Waals surface area contributed by atoms with Crippen LogP contribution >= 0.6 is 11.6 Å². The molecule has 0 fully saturated rings. The van der Waals surface area contributed by atoms with Crippen LogP contribution in [0.4, 0.5) is 0 Å². The van der Waals surface area contributed by atoms with Gasteiger partial charge >= 0.3 is 0 Å². The first kappa shape index (κ1) is 20.4. The molecule has 1 N–H and O–H groups in total. The van der Waals surface area contributed by atoms with Crippen molar-refractivity contribution >= 4 is 27.5 Å². The van der Waals surface area contributed by atoms with E-state index in [2.05, 4.69) is 4.72 Å². The van der Waals surface area contributed by atoms with E-state index in [-0.39, 0.29) is 23.8 Å². The van der Waals surface area contributed by atoms with Crippen molar-refractivity contribution in [2.45, 2.75) is 31.7 Å². The molecule has 2 aromatic carbocycles. The van der Waals surface area contributed by atoms with Gasteiger partial charge in [0.2, 0.25) is 15.9 Å². The monoisotopic (exact) mass is 394 g/mol. The molecule has 0 atom stereocenters. The summed E-state index contributed by atoms with van der Waals surface area (Å²) in [4.78, 5) is 14.0. The third kappa shape index (κ3) is 5.56. The molecule has 140 valence electrons. The number of amides is 1. The molecule has 0 heterocycles. The van der Waals surface area contributed by atoms with E-state index < -0.39 is 10.0 Å². The van der Waals surface area contributed by atoms with Gasteiger partial charge in [-0.25, -0.2) is 13.1 Å². The highest BCUT2D eigenvalue weighted by Gasteiger charge is 2.17. The molecule has 0 spiro atoms. The second-order valence-electron chi connectivity index (χ2n) is 6.29. The number of hydrogen-bond acceptors (Lipinski definition) is 3. The highest BCUT2D eigenvalue weighted by molar-refractivity contribution is 7.89. The van der Waals surface area contributed by atoms with E-state index in [9.17, 15) is 13.2 Å². The molecule has 2 rings (SSSR count). The van der Waals surface area contributed by atoms with Crippen LogP contribution in [0.2, 0.25) is 5.02 Å². The first-order valence-corrected chi connectivity index (χ1v) is 10.1. The minimum absolute atomic E-state index is 0.0551. The van der Waals surface area contributed by atoms with Crippen LogP contribution in [0.3, 0.4) is 0 Å². The standard InChI is InChI=1S/C19H23ClN2O3S/c1-14-4-5-15(2)18(12-14)26(24,25)21-11-10-19(23)22(3)13-16-6-8-17(20)9-7-16/h4-9,12,21H,10-11,13H2,1-3H3. The van der Waals surface area contributed by atoms with Gasteiger partial charge in [0.05, 0.1) is 4.90 Å². The van der Waals surface area contributed by atoms with E-state index in [4.69, 9.17) is 11.6 Å². The molecule has 0 unspecified atom stereocenters. The number of benzene rings is 2. The van der Waals surface area contributed by atoms with Crippen LogP contribution in [0, 0.1) is 13.8 Å². The van der Waals surface area contributed by atoms with Crippen molar-refractivity contribution < 1.29 is 13.2 Å². The summed E-state index contributed by atoms with van der Waals surface area (Å²) in [5, 5.41) is 0.642. The van der Waals surface area contributed by atoms with Gasteiger partial charge in [-0.1, -0.05) is 35.9 Å². The average molecular weight is 395 g/mol. The Morgan fingerprint density at radius 3 is 2.42 bits per heavy atom. The molecule has 0 aliphatic carbocycles. The third-order valence-corrected chi connectivity index (χ3v) is 5.88. The third-order valence-electron chi connectivity index (χ3n) is 4.02.